The Morgan fingerprint density at radius 3 is 2.39 bits per heavy atom. The summed E-state index contributed by atoms with van der Waals surface area (Å²) < 4.78 is 5.34. The zero-order chi connectivity index (χ0) is 12.4. The molecule has 2 nitrogen and oxygen atoms in total. The minimum absolute atomic E-state index is 0.0237. The van der Waals surface area contributed by atoms with Gasteiger partial charge in [0.2, 0.25) is 0 Å². The first-order valence-corrected chi connectivity index (χ1v) is 7.02. The Bertz CT molecular complexity index is 420. The van der Waals surface area contributed by atoms with E-state index >= 15 is 0 Å². The Labute approximate surface area is 108 Å². The first-order valence-electron chi connectivity index (χ1n) is 7.02. The smallest absolute Gasteiger partial charge is 0.306 e. The molecule has 3 rings (SSSR count). The van der Waals surface area contributed by atoms with Crippen LogP contribution < -0.4 is 0 Å². The number of rotatable bonds is 2. The highest BCUT2D eigenvalue weighted by Crippen LogP contribution is 2.46. The van der Waals surface area contributed by atoms with Gasteiger partial charge in [-0.05, 0) is 24.3 Å². The Kier molecular flexibility index (Phi) is 3.11. The van der Waals surface area contributed by atoms with Crippen molar-refractivity contribution in [2.24, 2.45) is 5.92 Å². The lowest BCUT2D eigenvalue weighted by molar-refractivity contribution is -0.137. The van der Waals surface area contributed by atoms with Gasteiger partial charge in [0.25, 0.3) is 0 Å². The van der Waals surface area contributed by atoms with Crippen LogP contribution in [0.25, 0.3) is 0 Å². The van der Waals surface area contributed by atoms with Crippen LogP contribution in [-0.2, 0) is 14.9 Å². The second-order valence-electron chi connectivity index (χ2n) is 5.69. The van der Waals surface area contributed by atoms with Crippen molar-refractivity contribution in [3.8, 4) is 0 Å². The van der Waals surface area contributed by atoms with Crippen molar-refractivity contribution < 1.29 is 9.53 Å². The molecule has 1 aliphatic carbocycles. The second-order valence-corrected chi connectivity index (χ2v) is 5.69. The minimum Gasteiger partial charge on any atom is -0.465 e. The summed E-state index contributed by atoms with van der Waals surface area (Å²) in [5, 5.41) is 0. The molecule has 0 amide bonds. The molecule has 0 aromatic heterocycles. The molecule has 1 saturated heterocycles. The molecule has 2 aliphatic rings. The standard InChI is InChI=1S/C16H20O2/c17-15-11-16(12-18-15,13-7-3-1-4-8-13)14-9-5-2-6-10-14/h1,3-4,7-8,14H,2,5-6,9-12H2/t16-/m0/s1. The molecule has 1 aromatic rings. The molecule has 0 spiro atoms. The first-order chi connectivity index (χ1) is 8.81. The summed E-state index contributed by atoms with van der Waals surface area (Å²) >= 11 is 0. The predicted molar refractivity (Wildman–Crippen MR) is 70.3 cm³/mol. The zero-order valence-electron chi connectivity index (χ0n) is 10.7. The third kappa shape index (κ3) is 1.94. The van der Waals surface area contributed by atoms with Gasteiger partial charge in [-0.25, -0.2) is 0 Å². The Balaban J connectivity index is 1.96. The van der Waals surface area contributed by atoms with E-state index in [-0.39, 0.29) is 11.4 Å². The SMILES string of the molecule is O=C1C[C@](c2ccccc2)(C2CCCCC2)CO1. The third-order valence-corrected chi connectivity index (χ3v) is 4.69. The van der Waals surface area contributed by atoms with Crippen LogP contribution in [0, 0.1) is 5.92 Å². The third-order valence-electron chi connectivity index (χ3n) is 4.69. The van der Waals surface area contributed by atoms with Crippen molar-refractivity contribution in [2.45, 2.75) is 43.9 Å². The number of benzene rings is 1. The summed E-state index contributed by atoms with van der Waals surface area (Å²) in [6.45, 7) is 0.584. The van der Waals surface area contributed by atoms with E-state index in [4.69, 9.17) is 4.74 Å². The first kappa shape index (κ1) is 11.8. The van der Waals surface area contributed by atoms with Gasteiger partial charge in [0.15, 0.2) is 0 Å². The topological polar surface area (TPSA) is 26.3 Å². The van der Waals surface area contributed by atoms with Crippen molar-refractivity contribution in [3.63, 3.8) is 0 Å². The molecule has 1 saturated carbocycles. The highest BCUT2D eigenvalue weighted by molar-refractivity contribution is 5.74. The molecule has 0 N–H and O–H groups in total. The predicted octanol–water partition coefficient (Wildman–Crippen LogP) is 3.45. The lowest BCUT2D eigenvalue weighted by Crippen LogP contribution is -2.37. The van der Waals surface area contributed by atoms with Crippen LogP contribution in [0.5, 0.6) is 0 Å². The maximum atomic E-state index is 11.7. The zero-order valence-corrected chi connectivity index (χ0v) is 10.7. The van der Waals surface area contributed by atoms with Crippen LogP contribution in [-0.4, -0.2) is 12.6 Å². The molecular weight excluding hydrogens is 224 g/mol. The summed E-state index contributed by atoms with van der Waals surface area (Å²) in [4.78, 5) is 11.7. The number of carbonyl (C=O) groups is 1. The molecule has 0 radical (unpaired) electrons. The minimum atomic E-state index is -0.0429. The van der Waals surface area contributed by atoms with E-state index in [1.807, 2.05) is 6.07 Å². The number of carbonyl (C=O) groups excluding carboxylic acids is 1. The maximum absolute atomic E-state index is 11.7. The summed E-state index contributed by atoms with van der Waals surface area (Å²) in [6.07, 6.45) is 7.00. The number of hydrogen-bond acceptors (Lipinski definition) is 2. The van der Waals surface area contributed by atoms with Gasteiger partial charge in [0.1, 0.15) is 6.61 Å². The van der Waals surface area contributed by atoms with Gasteiger partial charge in [0, 0.05) is 5.41 Å². The number of cyclic esters (lactones) is 1. The fourth-order valence-corrected chi connectivity index (χ4v) is 3.68. The van der Waals surface area contributed by atoms with Crippen molar-refractivity contribution in [1.82, 2.24) is 0 Å². The number of esters is 1. The van der Waals surface area contributed by atoms with E-state index in [0.29, 0.717) is 18.9 Å². The molecule has 2 heteroatoms. The average Bonchev–Trinajstić information content (AvgIpc) is 2.84. The highest BCUT2D eigenvalue weighted by atomic mass is 16.5. The van der Waals surface area contributed by atoms with Gasteiger partial charge in [-0.2, -0.15) is 0 Å². The monoisotopic (exact) mass is 244 g/mol. The van der Waals surface area contributed by atoms with Crippen LogP contribution in [0.2, 0.25) is 0 Å². The molecule has 1 atom stereocenters. The summed E-state index contributed by atoms with van der Waals surface area (Å²) in [5.41, 5.74) is 1.25. The lowest BCUT2D eigenvalue weighted by atomic mass is 9.64. The van der Waals surface area contributed by atoms with Gasteiger partial charge in [0.05, 0.1) is 6.42 Å². The molecule has 1 heterocycles. The van der Waals surface area contributed by atoms with Crippen LogP contribution in [0.15, 0.2) is 30.3 Å². The molecular formula is C16H20O2. The normalized spacial score (nSPS) is 29.2. The molecule has 0 unspecified atom stereocenters. The lowest BCUT2D eigenvalue weighted by Gasteiger charge is -2.38. The molecule has 18 heavy (non-hydrogen) atoms. The van der Waals surface area contributed by atoms with E-state index in [1.165, 1.54) is 37.7 Å². The molecule has 0 bridgehead atoms. The van der Waals surface area contributed by atoms with Gasteiger partial charge in [-0.3, -0.25) is 4.79 Å². The maximum Gasteiger partial charge on any atom is 0.306 e. The molecule has 2 fully saturated rings. The Morgan fingerprint density at radius 1 is 1.06 bits per heavy atom. The fourth-order valence-electron chi connectivity index (χ4n) is 3.68. The van der Waals surface area contributed by atoms with Gasteiger partial charge in [-0.15, -0.1) is 0 Å². The number of ether oxygens (including phenoxy) is 1. The van der Waals surface area contributed by atoms with Crippen molar-refractivity contribution in [2.75, 3.05) is 6.61 Å². The quantitative estimate of drug-likeness (QED) is 0.745. The average molecular weight is 244 g/mol. The summed E-state index contributed by atoms with van der Waals surface area (Å²) in [6, 6.07) is 10.5. The highest BCUT2D eigenvalue weighted by Gasteiger charge is 2.47. The Morgan fingerprint density at radius 2 is 1.78 bits per heavy atom. The van der Waals surface area contributed by atoms with E-state index in [9.17, 15) is 4.79 Å². The van der Waals surface area contributed by atoms with Crippen LogP contribution in [0.4, 0.5) is 0 Å². The van der Waals surface area contributed by atoms with Crippen LogP contribution in [0.1, 0.15) is 44.1 Å². The number of hydrogen-bond donors (Lipinski definition) is 0. The largest absolute Gasteiger partial charge is 0.465 e. The van der Waals surface area contributed by atoms with Crippen molar-refractivity contribution >= 4 is 5.97 Å². The van der Waals surface area contributed by atoms with Gasteiger partial charge >= 0.3 is 5.97 Å². The van der Waals surface area contributed by atoms with Gasteiger partial charge in [-0.1, -0.05) is 49.6 Å². The van der Waals surface area contributed by atoms with E-state index in [1.54, 1.807) is 0 Å². The Hall–Kier alpha value is -1.31. The summed E-state index contributed by atoms with van der Waals surface area (Å²) in [5.74, 6) is 0.588. The van der Waals surface area contributed by atoms with Crippen molar-refractivity contribution in [3.05, 3.63) is 35.9 Å². The van der Waals surface area contributed by atoms with E-state index < -0.39 is 0 Å². The fraction of sp³-hybridized carbons (Fsp3) is 0.562. The summed E-state index contributed by atoms with van der Waals surface area (Å²) in [7, 11) is 0. The molecule has 96 valence electrons. The van der Waals surface area contributed by atoms with Crippen molar-refractivity contribution in [1.29, 1.82) is 0 Å². The second kappa shape index (κ2) is 4.75. The van der Waals surface area contributed by atoms with Gasteiger partial charge < -0.3 is 4.74 Å². The molecule has 1 aromatic carbocycles. The van der Waals surface area contributed by atoms with Crippen LogP contribution in [0.3, 0.4) is 0 Å². The van der Waals surface area contributed by atoms with E-state index in [2.05, 4.69) is 24.3 Å². The van der Waals surface area contributed by atoms with Crippen LogP contribution >= 0.6 is 0 Å². The van der Waals surface area contributed by atoms with E-state index in [0.717, 1.165) is 0 Å². The molecule has 1 aliphatic heterocycles.